The third-order valence-electron chi connectivity index (χ3n) is 3.87. The minimum atomic E-state index is -3.27. The Morgan fingerprint density at radius 1 is 1.50 bits per heavy atom. The summed E-state index contributed by atoms with van der Waals surface area (Å²) in [4.78, 5) is 7.28. The Morgan fingerprint density at radius 3 is 3.13 bits per heavy atom. The van der Waals surface area contributed by atoms with Crippen LogP contribution in [0.5, 0.6) is 5.75 Å². The molecule has 30 heavy (non-hydrogen) atoms. The SMILES string of the molecule is [2H]c1c([2H])c(-c2noc(-c3c([2H])c([2H])c(OC([2H])(C)C)c([N+]#[C-])c3[2H])n2)c2c(c1[2H])[C@@]([2H])(NC([2H])([2H])CC)C([2H])([2H])C2([2H])[2H]. The van der Waals surface area contributed by atoms with Crippen LogP contribution in [0, 0.1) is 6.57 Å². The highest BCUT2D eigenvalue weighted by Gasteiger charge is 2.26. The summed E-state index contributed by atoms with van der Waals surface area (Å²) in [6.07, 6.45) is -8.33. The number of hydrogen-bond donors (Lipinski definition) is 1. The van der Waals surface area contributed by atoms with Gasteiger partial charge in [-0.2, -0.15) is 4.98 Å². The molecule has 1 aliphatic carbocycles. The molecule has 0 amide bonds. The fraction of sp³-hybridized carbons (Fsp3) is 0.375. The summed E-state index contributed by atoms with van der Waals surface area (Å²) < 4.78 is 129. The van der Waals surface area contributed by atoms with E-state index in [2.05, 4.69) is 20.3 Å². The summed E-state index contributed by atoms with van der Waals surface area (Å²) in [6, 6.07) is -7.56. The van der Waals surface area contributed by atoms with E-state index in [4.69, 9.17) is 35.0 Å². The number of nitrogens with one attached hydrogen (secondary N) is 1. The minimum absolute atomic E-state index is 0.265. The zero-order valence-corrected chi connectivity index (χ0v) is 16.4. The van der Waals surface area contributed by atoms with E-state index in [-0.39, 0.29) is 6.42 Å². The van der Waals surface area contributed by atoms with Gasteiger partial charge in [0.1, 0.15) is 5.75 Å². The molecule has 3 aromatic rings. The van der Waals surface area contributed by atoms with Crippen molar-refractivity contribution in [1.29, 1.82) is 0 Å². The zero-order valence-electron chi connectivity index (χ0n) is 30.4. The van der Waals surface area contributed by atoms with Crippen LogP contribution in [0.15, 0.2) is 40.8 Å². The van der Waals surface area contributed by atoms with E-state index in [1.165, 1.54) is 20.8 Å². The van der Waals surface area contributed by atoms with Gasteiger partial charge in [0.05, 0.1) is 22.2 Å². The lowest BCUT2D eigenvalue weighted by Gasteiger charge is -2.13. The van der Waals surface area contributed by atoms with Crippen LogP contribution in [-0.2, 0) is 6.37 Å². The molecule has 0 aliphatic heterocycles. The van der Waals surface area contributed by atoms with Gasteiger partial charge in [-0.1, -0.05) is 30.2 Å². The second-order valence-corrected chi connectivity index (χ2v) is 6.25. The van der Waals surface area contributed by atoms with Gasteiger partial charge in [-0.15, -0.1) is 0 Å². The molecular formula is C24H26N4O2. The van der Waals surface area contributed by atoms with Gasteiger partial charge < -0.3 is 14.6 Å². The van der Waals surface area contributed by atoms with Gasteiger partial charge in [-0.05, 0) is 68.8 Å². The Kier molecular flexibility index (Phi) is 2.70. The van der Waals surface area contributed by atoms with Crippen molar-refractivity contribution in [3.05, 3.63) is 58.8 Å². The van der Waals surface area contributed by atoms with Gasteiger partial charge in [-0.25, -0.2) is 4.85 Å². The maximum atomic E-state index is 8.97. The van der Waals surface area contributed by atoms with Crippen molar-refractivity contribution in [2.45, 2.75) is 52.0 Å². The summed E-state index contributed by atoms with van der Waals surface area (Å²) in [5, 5.41) is 5.88. The van der Waals surface area contributed by atoms with Crippen molar-refractivity contribution < 1.29 is 28.5 Å². The molecule has 1 atom stereocenters. The highest BCUT2D eigenvalue weighted by Crippen LogP contribution is 2.38. The molecule has 0 radical (unpaired) electrons. The van der Waals surface area contributed by atoms with E-state index in [0.29, 0.717) is 0 Å². The monoisotopic (exact) mass is 416 g/mol. The van der Waals surface area contributed by atoms with Gasteiger partial charge >= 0.3 is 0 Å². The molecule has 154 valence electrons. The van der Waals surface area contributed by atoms with Crippen molar-refractivity contribution in [2.75, 3.05) is 6.50 Å². The average Bonchev–Trinajstić information content (AvgIpc) is 3.41. The molecule has 1 heterocycles. The summed E-state index contributed by atoms with van der Waals surface area (Å²) in [7, 11) is 0. The average molecular weight is 417 g/mol. The molecule has 1 aliphatic rings. The summed E-state index contributed by atoms with van der Waals surface area (Å²) in [5.74, 6) is -1.75. The molecule has 6 heteroatoms. The van der Waals surface area contributed by atoms with Gasteiger partial charge in [0.15, 0.2) is 0 Å². The van der Waals surface area contributed by atoms with Gasteiger partial charge in [0.25, 0.3) is 5.89 Å². The van der Waals surface area contributed by atoms with Crippen LogP contribution in [0.1, 0.15) is 69.9 Å². The van der Waals surface area contributed by atoms with Crippen molar-refractivity contribution in [1.82, 2.24) is 15.5 Å². The van der Waals surface area contributed by atoms with Crippen LogP contribution in [0.2, 0.25) is 0 Å². The summed E-state index contributed by atoms with van der Waals surface area (Å²) in [5.41, 5.74) is -3.17. The van der Waals surface area contributed by atoms with Gasteiger partial charge in [-0.3, -0.25) is 0 Å². The number of hydrogen-bond acceptors (Lipinski definition) is 5. The number of aromatic nitrogens is 2. The van der Waals surface area contributed by atoms with Crippen LogP contribution in [0.25, 0.3) is 27.7 Å². The Balaban J connectivity index is 2.03. The second-order valence-electron chi connectivity index (χ2n) is 6.25. The smallest absolute Gasteiger partial charge is 0.256 e. The number of fused-ring (bicyclic) bond motifs is 1. The van der Waals surface area contributed by atoms with E-state index in [9.17, 15) is 0 Å². The van der Waals surface area contributed by atoms with E-state index in [0.717, 1.165) is 0 Å². The summed E-state index contributed by atoms with van der Waals surface area (Å²) in [6.45, 7) is 9.15. The highest BCUT2D eigenvalue weighted by atomic mass is 16.5. The van der Waals surface area contributed by atoms with E-state index in [1.54, 1.807) is 0 Å². The Hall–Kier alpha value is -3.17. The molecule has 4 rings (SSSR count). The predicted molar refractivity (Wildman–Crippen MR) is 117 cm³/mol. The topological polar surface area (TPSA) is 64.5 Å². The van der Waals surface area contributed by atoms with E-state index >= 15 is 0 Å². The largest absolute Gasteiger partial charge is 0.502 e. The predicted octanol–water partition coefficient (Wildman–Crippen LogP) is 5.73. The fourth-order valence-electron chi connectivity index (χ4n) is 2.62. The number of nitrogens with zero attached hydrogens (tertiary/aromatic N) is 3. The first-order valence-electron chi connectivity index (χ1n) is 16.0. The maximum Gasteiger partial charge on any atom is 0.256 e. The first kappa shape index (κ1) is 9.32. The molecular weight excluding hydrogens is 376 g/mol. The lowest BCUT2D eigenvalue weighted by atomic mass is 10.0. The van der Waals surface area contributed by atoms with Crippen LogP contribution >= 0.6 is 0 Å². The van der Waals surface area contributed by atoms with Gasteiger partial charge in [0, 0.05) is 26.7 Å². The molecule has 0 saturated heterocycles. The van der Waals surface area contributed by atoms with E-state index in [1.807, 2.05) is 0 Å². The number of ether oxygens (including phenoxy) is 1. The normalized spacial score (nSPS) is 28.6. The summed E-state index contributed by atoms with van der Waals surface area (Å²) >= 11 is 0. The first-order chi connectivity index (χ1) is 20.0. The fourth-order valence-corrected chi connectivity index (χ4v) is 2.62. The van der Waals surface area contributed by atoms with Crippen LogP contribution in [-0.4, -0.2) is 22.7 Å². The molecule has 6 nitrogen and oxygen atoms in total. The minimum Gasteiger partial charge on any atom is -0.502 e. The van der Waals surface area contributed by atoms with Crippen molar-refractivity contribution >= 4 is 5.69 Å². The van der Waals surface area contributed by atoms with Gasteiger partial charge in [0.2, 0.25) is 11.5 Å². The molecule has 1 N–H and O–H groups in total. The van der Waals surface area contributed by atoms with Crippen molar-refractivity contribution in [2.24, 2.45) is 0 Å². The Morgan fingerprint density at radius 2 is 2.37 bits per heavy atom. The van der Waals surface area contributed by atoms with Crippen molar-refractivity contribution in [3.63, 3.8) is 0 Å². The highest BCUT2D eigenvalue weighted by molar-refractivity contribution is 5.70. The maximum absolute atomic E-state index is 8.97. The van der Waals surface area contributed by atoms with Crippen molar-refractivity contribution in [3.8, 4) is 28.6 Å². The first-order valence-corrected chi connectivity index (χ1v) is 8.97. The molecule has 1 aromatic heterocycles. The lowest BCUT2D eigenvalue weighted by Crippen LogP contribution is -2.19. The molecule has 0 saturated carbocycles. The second kappa shape index (κ2) is 8.68. The van der Waals surface area contributed by atoms with E-state index < -0.39 is 113 Å². The lowest BCUT2D eigenvalue weighted by molar-refractivity contribution is 0.244. The third-order valence-corrected chi connectivity index (χ3v) is 3.87. The zero-order chi connectivity index (χ0) is 33.5. The Labute approximate surface area is 196 Å². The molecule has 0 unspecified atom stereocenters. The number of rotatable bonds is 7. The van der Waals surface area contributed by atoms with Crippen LogP contribution in [0.4, 0.5) is 5.69 Å². The molecule has 0 spiro atoms. The Bertz CT molecular complexity index is 1730. The van der Waals surface area contributed by atoms with Crippen LogP contribution in [0.3, 0.4) is 0 Å². The third kappa shape index (κ3) is 3.94. The van der Waals surface area contributed by atoms with Crippen LogP contribution < -0.4 is 10.1 Å². The molecule has 2 aromatic carbocycles. The molecule has 0 bridgehead atoms. The number of benzene rings is 2. The molecule has 0 fully saturated rings. The standard InChI is InChI=1S/C24H26N4O2/c1-5-13-26-20-11-10-17-18(20)7-6-8-19(17)23-27-24(30-28-23)16-9-12-22(29-15(2)3)21(14-16)25-4/h6-9,12,14-15,20,26H,5,10-11,13H2,1-3H3/t20-/m0/s1/i6D,7D,8D,9D,10D2,11D2,12D,13D2,14D,15D,20D. The quantitative estimate of drug-likeness (QED) is 0.498.